The van der Waals surface area contributed by atoms with Gasteiger partial charge in [-0.05, 0) is 36.7 Å². The molecule has 4 heteroatoms. The highest BCUT2D eigenvalue weighted by Crippen LogP contribution is 2.20. The molecule has 0 spiro atoms. The zero-order valence-corrected chi connectivity index (χ0v) is 13.4. The highest BCUT2D eigenvalue weighted by molar-refractivity contribution is 7.99. The summed E-state index contributed by atoms with van der Waals surface area (Å²) in [5.41, 5.74) is 6.18. The van der Waals surface area contributed by atoms with E-state index < -0.39 is 0 Å². The largest absolute Gasteiger partial charge is 0.354 e. The number of carbonyl (C=O) groups excluding carboxylic acids is 1. The molecule has 1 amide bonds. The summed E-state index contributed by atoms with van der Waals surface area (Å²) in [5, 5.41) is 3.02. The molecule has 0 aliphatic rings. The summed E-state index contributed by atoms with van der Waals surface area (Å²) in [6, 6.07) is 0.209. The van der Waals surface area contributed by atoms with Gasteiger partial charge in [0.25, 0.3) is 0 Å². The maximum Gasteiger partial charge on any atom is 0.221 e. The van der Waals surface area contributed by atoms with Crippen molar-refractivity contribution in [3.63, 3.8) is 0 Å². The first kappa shape index (κ1) is 17.8. The number of nitrogens with one attached hydrogen (secondary N) is 1. The molecule has 0 fully saturated rings. The molecule has 18 heavy (non-hydrogen) atoms. The summed E-state index contributed by atoms with van der Waals surface area (Å²) < 4.78 is 0. The number of hydrogen-bond donors (Lipinski definition) is 2. The number of rotatable bonds is 8. The van der Waals surface area contributed by atoms with Crippen molar-refractivity contribution in [3.8, 4) is 0 Å². The van der Waals surface area contributed by atoms with E-state index in [9.17, 15) is 4.79 Å². The number of nitrogens with two attached hydrogens (primary N) is 1. The molecule has 0 saturated heterocycles. The Hall–Kier alpha value is -0.220. The van der Waals surface area contributed by atoms with Crippen LogP contribution in [0.25, 0.3) is 0 Å². The molecular formula is C14H30N2OS. The Morgan fingerprint density at radius 2 is 2.00 bits per heavy atom. The summed E-state index contributed by atoms with van der Waals surface area (Å²) >= 11 is 1.91. The van der Waals surface area contributed by atoms with Crippen molar-refractivity contribution in [1.29, 1.82) is 0 Å². The number of hydrogen-bond acceptors (Lipinski definition) is 3. The van der Waals surface area contributed by atoms with Crippen LogP contribution in [0.5, 0.6) is 0 Å². The second-order valence-corrected chi connectivity index (χ2v) is 7.58. The van der Waals surface area contributed by atoms with Crippen LogP contribution in [0.2, 0.25) is 0 Å². The molecule has 0 bridgehead atoms. The molecule has 0 rings (SSSR count). The third-order valence-electron chi connectivity index (χ3n) is 2.63. The molecule has 0 aliphatic heterocycles. The first-order valence-corrected chi connectivity index (χ1v) is 8.02. The summed E-state index contributed by atoms with van der Waals surface area (Å²) in [6.07, 6.45) is 2.34. The van der Waals surface area contributed by atoms with E-state index in [0.29, 0.717) is 6.42 Å². The Bertz CT molecular complexity index is 238. The zero-order chi connectivity index (χ0) is 14.2. The fourth-order valence-corrected chi connectivity index (χ4v) is 2.72. The lowest BCUT2D eigenvalue weighted by atomic mass is 9.87. The predicted molar refractivity (Wildman–Crippen MR) is 81.9 cm³/mol. The molecule has 0 heterocycles. The minimum absolute atomic E-state index is 0.0396. The smallest absolute Gasteiger partial charge is 0.221 e. The molecule has 0 aliphatic carbocycles. The lowest BCUT2D eigenvalue weighted by Gasteiger charge is -2.23. The van der Waals surface area contributed by atoms with Crippen molar-refractivity contribution < 1.29 is 4.79 Å². The standard InChI is InChI=1S/C14H30N2OS/c1-6-18-8-7-11(2)16-13(17)9-12(15)10-14(3,4)5/h11-12H,6-10,15H2,1-5H3,(H,16,17). The minimum Gasteiger partial charge on any atom is -0.354 e. The predicted octanol–water partition coefficient (Wildman–Crippen LogP) is 2.79. The maximum absolute atomic E-state index is 11.8. The third kappa shape index (κ3) is 10.9. The van der Waals surface area contributed by atoms with Crippen LogP contribution in [0, 0.1) is 5.41 Å². The van der Waals surface area contributed by atoms with E-state index in [1.54, 1.807) is 0 Å². The van der Waals surface area contributed by atoms with E-state index in [-0.39, 0.29) is 23.4 Å². The van der Waals surface area contributed by atoms with E-state index in [4.69, 9.17) is 5.73 Å². The number of carbonyl (C=O) groups is 1. The third-order valence-corrected chi connectivity index (χ3v) is 3.56. The quantitative estimate of drug-likeness (QED) is 0.669. The Kier molecular flexibility index (Phi) is 8.70. The topological polar surface area (TPSA) is 55.1 Å². The maximum atomic E-state index is 11.8. The Balaban J connectivity index is 3.82. The van der Waals surface area contributed by atoms with E-state index in [0.717, 1.165) is 24.3 Å². The molecule has 2 unspecified atom stereocenters. The highest BCUT2D eigenvalue weighted by atomic mass is 32.2. The highest BCUT2D eigenvalue weighted by Gasteiger charge is 2.18. The van der Waals surface area contributed by atoms with Crippen molar-refractivity contribution in [2.24, 2.45) is 11.1 Å². The van der Waals surface area contributed by atoms with Gasteiger partial charge in [-0.3, -0.25) is 4.79 Å². The van der Waals surface area contributed by atoms with Gasteiger partial charge < -0.3 is 11.1 Å². The van der Waals surface area contributed by atoms with E-state index in [1.165, 1.54) is 0 Å². The summed E-state index contributed by atoms with van der Waals surface area (Å²) in [7, 11) is 0. The van der Waals surface area contributed by atoms with E-state index >= 15 is 0 Å². The van der Waals surface area contributed by atoms with Gasteiger partial charge in [-0.25, -0.2) is 0 Å². The van der Waals surface area contributed by atoms with Crippen molar-refractivity contribution in [1.82, 2.24) is 5.32 Å². The van der Waals surface area contributed by atoms with Crippen LogP contribution >= 0.6 is 11.8 Å². The van der Waals surface area contributed by atoms with Crippen molar-refractivity contribution in [3.05, 3.63) is 0 Å². The Morgan fingerprint density at radius 1 is 1.39 bits per heavy atom. The van der Waals surface area contributed by atoms with Crippen molar-refractivity contribution >= 4 is 17.7 Å². The molecule has 2 atom stereocenters. The van der Waals surface area contributed by atoms with Gasteiger partial charge in [-0.15, -0.1) is 0 Å². The van der Waals surface area contributed by atoms with Crippen LogP contribution in [0.1, 0.15) is 53.9 Å². The van der Waals surface area contributed by atoms with Crippen molar-refractivity contribution in [2.45, 2.75) is 66.0 Å². The second kappa shape index (κ2) is 8.81. The summed E-state index contributed by atoms with van der Waals surface area (Å²) in [4.78, 5) is 11.8. The minimum atomic E-state index is -0.0396. The molecular weight excluding hydrogens is 244 g/mol. The van der Waals surface area contributed by atoms with Crippen LogP contribution in [0.4, 0.5) is 0 Å². The van der Waals surface area contributed by atoms with Crippen LogP contribution in [-0.4, -0.2) is 29.5 Å². The second-order valence-electron chi connectivity index (χ2n) is 6.18. The van der Waals surface area contributed by atoms with Gasteiger partial charge in [-0.1, -0.05) is 27.7 Å². The Labute approximate surface area is 117 Å². The average molecular weight is 274 g/mol. The van der Waals surface area contributed by atoms with E-state index in [1.807, 2.05) is 11.8 Å². The fraction of sp³-hybridized carbons (Fsp3) is 0.929. The van der Waals surface area contributed by atoms with E-state index in [2.05, 4.69) is 39.9 Å². The molecule has 108 valence electrons. The zero-order valence-electron chi connectivity index (χ0n) is 12.6. The van der Waals surface area contributed by atoms with Gasteiger partial charge in [0.05, 0.1) is 0 Å². The summed E-state index contributed by atoms with van der Waals surface area (Å²) in [6.45, 7) is 10.7. The molecule has 0 radical (unpaired) electrons. The Morgan fingerprint density at radius 3 is 2.50 bits per heavy atom. The van der Waals surface area contributed by atoms with Crippen LogP contribution in [-0.2, 0) is 4.79 Å². The van der Waals surface area contributed by atoms with Gasteiger partial charge in [-0.2, -0.15) is 11.8 Å². The average Bonchev–Trinajstić information content (AvgIpc) is 2.13. The normalized spacial score (nSPS) is 15.2. The molecule has 0 aromatic carbocycles. The molecule has 0 aromatic rings. The first-order chi connectivity index (χ1) is 8.24. The van der Waals surface area contributed by atoms with Crippen LogP contribution in [0.15, 0.2) is 0 Å². The van der Waals surface area contributed by atoms with Crippen molar-refractivity contribution in [2.75, 3.05) is 11.5 Å². The molecule has 0 saturated carbocycles. The van der Waals surface area contributed by atoms with Crippen LogP contribution in [0.3, 0.4) is 0 Å². The lowest BCUT2D eigenvalue weighted by Crippen LogP contribution is -2.38. The fourth-order valence-electron chi connectivity index (χ4n) is 1.91. The van der Waals surface area contributed by atoms with Gasteiger partial charge in [0.1, 0.15) is 0 Å². The van der Waals surface area contributed by atoms with Gasteiger partial charge >= 0.3 is 0 Å². The lowest BCUT2D eigenvalue weighted by molar-refractivity contribution is -0.122. The number of amides is 1. The summed E-state index contributed by atoms with van der Waals surface area (Å²) in [5.74, 6) is 2.32. The number of thioether (sulfide) groups is 1. The molecule has 3 nitrogen and oxygen atoms in total. The molecule has 3 N–H and O–H groups in total. The van der Waals surface area contributed by atoms with Crippen LogP contribution < -0.4 is 11.1 Å². The SMILES string of the molecule is CCSCCC(C)NC(=O)CC(N)CC(C)(C)C. The molecule has 0 aromatic heterocycles. The van der Waals surface area contributed by atoms with Gasteiger partial charge in [0.2, 0.25) is 5.91 Å². The van der Waals surface area contributed by atoms with Gasteiger partial charge in [0, 0.05) is 18.5 Å². The first-order valence-electron chi connectivity index (χ1n) is 6.87. The monoisotopic (exact) mass is 274 g/mol. The van der Waals surface area contributed by atoms with Gasteiger partial charge in [0.15, 0.2) is 0 Å².